The van der Waals surface area contributed by atoms with E-state index in [1.54, 1.807) is 24.4 Å². The summed E-state index contributed by atoms with van der Waals surface area (Å²) in [7, 11) is 0. The summed E-state index contributed by atoms with van der Waals surface area (Å²) in [5.41, 5.74) is 0.936. The average molecular weight is 302 g/mol. The lowest BCUT2D eigenvalue weighted by molar-refractivity contribution is 0.106. The molecule has 1 aliphatic rings. The second kappa shape index (κ2) is 7.11. The van der Waals surface area contributed by atoms with Gasteiger partial charge >= 0.3 is 0 Å². The lowest BCUT2D eigenvalue weighted by atomic mass is 10.3. The van der Waals surface area contributed by atoms with E-state index in [1.165, 1.54) is 0 Å². The maximum atomic E-state index is 9.92. The second-order valence-corrected chi connectivity index (χ2v) is 4.93. The number of hydrogen-bond donors (Lipinski definition) is 2. The van der Waals surface area contributed by atoms with Crippen LogP contribution in [0.25, 0.3) is 0 Å². The summed E-state index contributed by atoms with van der Waals surface area (Å²) in [5.74, 6) is 2.03. The van der Waals surface area contributed by atoms with Crippen LogP contribution in [0, 0.1) is 0 Å². The van der Waals surface area contributed by atoms with E-state index in [2.05, 4.69) is 10.3 Å². The first-order chi connectivity index (χ1) is 10.8. The first kappa shape index (κ1) is 14.6. The van der Waals surface area contributed by atoms with Crippen LogP contribution >= 0.6 is 0 Å². The molecule has 0 saturated carbocycles. The summed E-state index contributed by atoms with van der Waals surface area (Å²) in [6.45, 7) is 1.48. The zero-order valence-electron chi connectivity index (χ0n) is 12.1. The van der Waals surface area contributed by atoms with Gasteiger partial charge in [0, 0.05) is 25.4 Å². The highest BCUT2D eigenvalue weighted by Crippen LogP contribution is 2.35. The van der Waals surface area contributed by atoms with Gasteiger partial charge in [-0.25, -0.2) is 0 Å². The number of rotatable bonds is 7. The third kappa shape index (κ3) is 3.87. The van der Waals surface area contributed by atoms with Crippen LogP contribution in [0.5, 0.6) is 17.2 Å². The van der Waals surface area contributed by atoms with Crippen LogP contribution in [0.1, 0.15) is 5.69 Å². The van der Waals surface area contributed by atoms with Gasteiger partial charge in [-0.3, -0.25) is 4.98 Å². The lowest BCUT2D eigenvalue weighted by Crippen LogP contribution is -2.31. The van der Waals surface area contributed by atoms with Gasteiger partial charge in [-0.2, -0.15) is 0 Å². The molecule has 1 unspecified atom stereocenters. The Morgan fingerprint density at radius 1 is 1.23 bits per heavy atom. The fourth-order valence-electron chi connectivity index (χ4n) is 2.09. The Hall–Kier alpha value is -2.31. The number of ether oxygens (including phenoxy) is 3. The summed E-state index contributed by atoms with van der Waals surface area (Å²) < 4.78 is 16.1. The van der Waals surface area contributed by atoms with Crippen molar-refractivity contribution < 1.29 is 19.3 Å². The van der Waals surface area contributed by atoms with Gasteiger partial charge in [0.2, 0.25) is 6.79 Å². The predicted octanol–water partition coefficient (Wildman–Crippen LogP) is 1.34. The monoisotopic (exact) mass is 302 g/mol. The van der Waals surface area contributed by atoms with Crippen molar-refractivity contribution in [1.82, 2.24) is 10.3 Å². The minimum Gasteiger partial charge on any atom is -0.491 e. The normalized spacial score (nSPS) is 13.9. The Bertz CT molecular complexity index is 606. The van der Waals surface area contributed by atoms with Gasteiger partial charge in [0.1, 0.15) is 18.5 Å². The largest absolute Gasteiger partial charge is 0.491 e. The molecule has 1 aliphatic heterocycles. The van der Waals surface area contributed by atoms with Gasteiger partial charge in [-0.1, -0.05) is 6.07 Å². The molecule has 0 bridgehead atoms. The highest BCUT2D eigenvalue weighted by Gasteiger charge is 2.14. The Morgan fingerprint density at radius 2 is 2.14 bits per heavy atom. The minimum atomic E-state index is -0.603. The summed E-state index contributed by atoms with van der Waals surface area (Å²) in [4.78, 5) is 4.20. The number of nitrogens with one attached hydrogen (secondary N) is 1. The van der Waals surface area contributed by atoms with Crippen molar-refractivity contribution in [2.75, 3.05) is 19.9 Å². The van der Waals surface area contributed by atoms with Crippen LogP contribution in [0.2, 0.25) is 0 Å². The van der Waals surface area contributed by atoms with Crippen molar-refractivity contribution in [1.29, 1.82) is 0 Å². The molecular weight excluding hydrogens is 284 g/mol. The van der Waals surface area contributed by atoms with Gasteiger partial charge in [-0.15, -0.1) is 0 Å². The Labute approximate surface area is 128 Å². The smallest absolute Gasteiger partial charge is 0.231 e. The van der Waals surface area contributed by atoms with Crippen molar-refractivity contribution in [2.45, 2.75) is 12.6 Å². The molecule has 0 aliphatic carbocycles. The molecule has 2 aromatic rings. The van der Waals surface area contributed by atoms with E-state index in [0.717, 1.165) is 5.69 Å². The molecule has 1 aromatic heterocycles. The zero-order valence-corrected chi connectivity index (χ0v) is 12.1. The number of benzene rings is 1. The van der Waals surface area contributed by atoms with E-state index >= 15 is 0 Å². The maximum Gasteiger partial charge on any atom is 0.231 e. The summed E-state index contributed by atoms with van der Waals surface area (Å²) in [6, 6.07) is 11.1. The Morgan fingerprint density at radius 3 is 3.00 bits per heavy atom. The van der Waals surface area contributed by atoms with Gasteiger partial charge in [0.05, 0.1) is 5.69 Å². The molecule has 0 radical (unpaired) electrons. The SMILES string of the molecule is OC(CNCc1ccccn1)COc1ccc2c(c1)OCO2. The van der Waals surface area contributed by atoms with Crippen LogP contribution in [0.4, 0.5) is 0 Å². The molecule has 3 rings (SSSR count). The van der Waals surface area contributed by atoms with E-state index < -0.39 is 6.10 Å². The van der Waals surface area contributed by atoms with Crippen LogP contribution < -0.4 is 19.5 Å². The number of nitrogens with zero attached hydrogens (tertiary/aromatic N) is 1. The molecule has 6 nitrogen and oxygen atoms in total. The van der Waals surface area contributed by atoms with Crippen molar-refractivity contribution >= 4 is 0 Å². The molecular formula is C16H18N2O4. The van der Waals surface area contributed by atoms with E-state index in [9.17, 15) is 5.11 Å². The third-order valence-electron chi connectivity index (χ3n) is 3.20. The molecule has 2 N–H and O–H groups in total. The van der Waals surface area contributed by atoms with Crippen LogP contribution in [0.15, 0.2) is 42.6 Å². The predicted molar refractivity (Wildman–Crippen MR) is 80.0 cm³/mol. The fourth-order valence-corrected chi connectivity index (χ4v) is 2.09. The molecule has 0 fully saturated rings. The van der Waals surface area contributed by atoms with Crippen molar-refractivity contribution in [3.63, 3.8) is 0 Å². The first-order valence-electron chi connectivity index (χ1n) is 7.12. The molecule has 116 valence electrons. The quantitative estimate of drug-likeness (QED) is 0.804. The molecule has 0 amide bonds. The molecule has 6 heteroatoms. The number of aromatic nitrogens is 1. The Kier molecular flexibility index (Phi) is 4.72. The number of pyridine rings is 1. The van der Waals surface area contributed by atoms with Crippen LogP contribution in [-0.4, -0.2) is 36.1 Å². The highest BCUT2D eigenvalue weighted by molar-refractivity contribution is 5.46. The first-order valence-corrected chi connectivity index (χ1v) is 7.12. The van der Waals surface area contributed by atoms with Crippen molar-refractivity contribution in [2.24, 2.45) is 0 Å². The average Bonchev–Trinajstić information content (AvgIpc) is 3.01. The topological polar surface area (TPSA) is 72.8 Å². The third-order valence-corrected chi connectivity index (χ3v) is 3.20. The Balaban J connectivity index is 1.40. The summed E-state index contributed by atoms with van der Waals surface area (Å²) >= 11 is 0. The second-order valence-electron chi connectivity index (χ2n) is 4.93. The van der Waals surface area contributed by atoms with Crippen LogP contribution in [-0.2, 0) is 6.54 Å². The summed E-state index contributed by atoms with van der Waals surface area (Å²) in [6.07, 6.45) is 1.14. The maximum absolute atomic E-state index is 9.92. The molecule has 22 heavy (non-hydrogen) atoms. The van der Waals surface area contributed by atoms with Gasteiger partial charge < -0.3 is 24.6 Å². The number of fused-ring (bicyclic) bond motifs is 1. The van der Waals surface area contributed by atoms with E-state index in [1.807, 2.05) is 18.2 Å². The minimum absolute atomic E-state index is 0.203. The van der Waals surface area contributed by atoms with Crippen molar-refractivity contribution in [3.05, 3.63) is 48.3 Å². The highest BCUT2D eigenvalue weighted by atomic mass is 16.7. The lowest BCUT2D eigenvalue weighted by Gasteiger charge is -2.13. The molecule has 0 spiro atoms. The van der Waals surface area contributed by atoms with E-state index in [0.29, 0.717) is 30.3 Å². The number of aliphatic hydroxyl groups excluding tert-OH is 1. The molecule has 0 saturated heterocycles. The number of hydrogen-bond acceptors (Lipinski definition) is 6. The standard InChI is InChI=1S/C16H18N2O4/c19-13(9-17-8-12-3-1-2-6-18-12)10-20-14-4-5-15-16(7-14)22-11-21-15/h1-7,13,17,19H,8-11H2. The zero-order chi connectivity index (χ0) is 15.2. The van der Waals surface area contributed by atoms with Crippen molar-refractivity contribution in [3.8, 4) is 17.2 Å². The van der Waals surface area contributed by atoms with E-state index in [4.69, 9.17) is 14.2 Å². The van der Waals surface area contributed by atoms with E-state index in [-0.39, 0.29) is 13.4 Å². The number of aliphatic hydroxyl groups is 1. The summed E-state index contributed by atoms with van der Waals surface area (Å²) in [5, 5.41) is 13.1. The van der Waals surface area contributed by atoms with Gasteiger partial charge in [0.25, 0.3) is 0 Å². The van der Waals surface area contributed by atoms with Gasteiger partial charge in [-0.05, 0) is 24.3 Å². The fraction of sp³-hybridized carbons (Fsp3) is 0.312. The van der Waals surface area contributed by atoms with Crippen LogP contribution in [0.3, 0.4) is 0 Å². The molecule has 2 heterocycles. The molecule has 1 atom stereocenters. The van der Waals surface area contributed by atoms with Gasteiger partial charge in [0.15, 0.2) is 11.5 Å². The molecule has 1 aromatic carbocycles.